The number of amides is 2. The summed E-state index contributed by atoms with van der Waals surface area (Å²) in [5.74, 6) is 1.64. The third-order valence-corrected chi connectivity index (χ3v) is 9.72. The molecule has 256 valence electrons. The first-order valence-electron chi connectivity index (χ1n) is 17.1. The van der Waals surface area contributed by atoms with Crippen LogP contribution in [0.15, 0.2) is 42.6 Å². The van der Waals surface area contributed by atoms with Crippen molar-refractivity contribution in [3.63, 3.8) is 0 Å². The van der Waals surface area contributed by atoms with Crippen LogP contribution in [0.1, 0.15) is 114 Å². The number of H-pyrrole nitrogens is 2. The molecule has 2 atom stereocenters. The Bertz CT molecular complexity index is 1770. The van der Waals surface area contributed by atoms with Crippen molar-refractivity contribution >= 4 is 40.6 Å². The highest BCUT2D eigenvalue weighted by Gasteiger charge is 2.36. The fraction of sp³-hybridized carbons (Fsp3) is 0.514. The first-order valence-corrected chi connectivity index (χ1v) is 17.9. The van der Waals surface area contributed by atoms with Gasteiger partial charge in [0.05, 0.1) is 39.9 Å². The van der Waals surface area contributed by atoms with Crippen LogP contribution in [0.3, 0.4) is 0 Å². The Morgan fingerprint density at radius 3 is 2.25 bits per heavy atom. The van der Waals surface area contributed by atoms with Gasteiger partial charge in [-0.05, 0) is 116 Å². The highest BCUT2D eigenvalue weighted by Crippen LogP contribution is 2.35. The summed E-state index contributed by atoms with van der Waals surface area (Å²) >= 11 is 1.79. The molecule has 6 rings (SSSR count). The minimum Gasteiger partial charge on any atom is -0.444 e. The highest BCUT2D eigenvalue weighted by molar-refractivity contribution is 7.15. The number of aryl methyl sites for hydroxylation is 1. The SMILES string of the molecule is CC(C)(C)OC(=O)N1CCC[C@H]1c1ncc(-c2ccc(CCC/C=C/c3ccc4nc([C@@H]5CCCN5C(=O)OC(C)(C)C)[nH]c4c3)s2)[nH]1. The molecule has 5 heterocycles. The molecule has 0 spiro atoms. The number of nitrogens with one attached hydrogen (secondary N) is 2. The lowest BCUT2D eigenvalue weighted by molar-refractivity contribution is 0.0208. The van der Waals surface area contributed by atoms with Gasteiger partial charge >= 0.3 is 12.2 Å². The second kappa shape index (κ2) is 13.8. The molecule has 2 N–H and O–H groups in total. The number of thiophene rings is 1. The largest absolute Gasteiger partial charge is 0.444 e. The number of rotatable bonds is 8. The van der Waals surface area contributed by atoms with Crippen molar-refractivity contribution in [1.82, 2.24) is 29.7 Å². The third-order valence-electron chi connectivity index (χ3n) is 8.54. The van der Waals surface area contributed by atoms with Gasteiger partial charge in [-0.1, -0.05) is 18.2 Å². The lowest BCUT2D eigenvalue weighted by atomic mass is 10.1. The van der Waals surface area contributed by atoms with Crippen molar-refractivity contribution in [2.75, 3.05) is 13.1 Å². The van der Waals surface area contributed by atoms with E-state index in [1.54, 1.807) is 21.1 Å². The first kappa shape index (κ1) is 33.8. The van der Waals surface area contributed by atoms with Gasteiger partial charge in [0.25, 0.3) is 0 Å². The number of hydrogen-bond acceptors (Lipinski definition) is 7. The molecule has 4 aromatic rings. The molecule has 2 amide bonds. The number of benzene rings is 1. The molecule has 48 heavy (non-hydrogen) atoms. The van der Waals surface area contributed by atoms with Gasteiger partial charge in [0, 0.05) is 18.0 Å². The Labute approximate surface area is 286 Å². The fourth-order valence-electron chi connectivity index (χ4n) is 6.39. The van der Waals surface area contributed by atoms with E-state index in [1.165, 1.54) is 4.88 Å². The molecular formula is C37H48N6O4S. The molecule has 2 aliphatic rings. The van der Waals surface area contributed by atoms with Crippen LogP contribution in [0, 0.1) is 0 Å². The smallest absolute Gasteiger partial charge is 0.410 e. The number of aromatic nitrogens is 4. The van der Waals surface area contributed by atoms with Crippen LogP contribution in [0.25, 0.3) is 27.7 Å². The minimum atomic E-state index is -0.526. The Kier molecular flexibility index (Phi) is 9.69. The third kappa shape index (κ3) is 8.11. The van der Waals surface area contributed by atoms with E-state index in [0.717, 1.165) is 83.8 Å². The molecule has 10 nitrogen and oxygen atoms in total. The molecule has 0 bridgehead atoms. The van der Waals surface area contributed by atoms with Crippen molar-refractivity contribution in [3.05, 3.63) is 64.7 Å². The average Bonchev–Trinajstić information content (AvgIpc) is 3.84. The number of fused-ring (bicyclic) bond motifs is 1. The second-order valence-electron chi connectivity index (χ2n) is 14.8. The second-order valence-corrected chi connectivity index (χ2v) is 16.0. The number of carbonyl (C=O) groups is 2. The van der Waals surface area contributed by atoms with Gasteiger partial charge < -0.3 is 19.4 Å². The maximum absolute atomic E-state index is 12.8. The molecule has 2 aliphatic heterocycles. The van der Waals surface area contributed by atoms with Crippen LogP contribution < -0.4 is 0 Å². The number of carbonyl (C=O) groups excluding carboxylic acids is 2. The van der Waals surface area contributed by atoms with E-state index in [0.29, 0.717) is 13.1 Å². The molecule has 0 aliphatic carbocycles. The van der Waals surface area contributed by atoms with E-state index in [2.05, 4.69) is 51.4 Å². The minimum absolute atomic E-state index is 0.0855. The van der Waals surface area contributed by atoms with Crippen LogP contribution in [0.5, 0.6) is 0 Å². The number of hydrogen-bond donors (Lipinski definition) is 2. The molecule has 1 aromatic carbocycles. The number of aromatic amines is 2. The summed E-state index contributed by atoms with van der Waals surface area (Å²) < 4.78 is 11.3. The normalized spacial score (nSPS) is 18.8. The summed E-state index contributed by atoms with van der Waals surface area (Å²) in [7, 11) is 0. The summed E-state index contributed by atoms with van der Waals surface area (Å²) in [6.07, 6.45) is 12.4. The zero-order valence-electron chi connectivity index (χ0n) is 29.0. The van der Waals surface area contributed by atoms with E-state index in [4.69, 9.17) is 14.5 Å². The van der Waals surface area contributed by atoms with Crippen LogP contribution in [0.2, 0.25) is 0 Å². The first-order chi connectivity index (χ1) is 22.8. The van der Waals surface area contributed by atoms with E-state index in [-0.39, 0.29) is 24.3 Å². The maximum atomic E-state index is 12.8. The highest BCUT2D eigenvalue weighted by atomic mass is 32.1. The van der Waals surface area contributed by atoms with Gasteiger partial charge in [0.15, 0.2) is 0 Å². The Morgan fingerprint density at radius 2 is 1.58 bits per heavy atom. The Hall–Kier alpha value is -4.12. The number of likely N-dealkylation sites (tertiary alicyclic amines) is 2. The topological polar surface area (TPSA) is 116 Å². The van der Waals surface area contributed by atoms with Gasteiger partial charge in [-0.15, -0.1) is 11.3 Å². The van der Waals surface area contributed by atoms with Crippen molar-refractivity contribution in [3.8, 4) is 10.6 Å². The maximum Gasteiger partial charge on any atom is 0.410 e. The molecular weight excluding hydrogens is 625 g/mol. The van der Waals surface area contributed by atoms with E-state index < -0.39 is 11.2 Å². The van der Waals surface area contributed by atoms with E-state index in [9.17, 15) is 9.59 Å². The predicted molar refractivity (Wildman–Crippen MR) is 190 cm³/mol. The monoisotopic (exact) mass is 672 g/mol. The summed E-state index contributed by atoms with van der Waals surface area (Å²) in [6.45, 7) is 12.7. The summed E-state index contributed by atoms with van der Waals surface area (Å²) in [5.41, 5.74) is 2.93. The van der Waals surface area contributed by atoms with E-state index >= 15 is 0 Å². The van der Waals surface area contributed by atoms with Gasteiger partial charge in [0.2, 0.25) is 0 Å². The van der Waals surface area contributed by atoms with Gasteiger partial charge in [-0.2, -0.15) is 0 Å². The van der Waals surface area contributed by atoms with Crippen molar-refractivity contribution in [2.24, 2.45) is 0 Å². The Morgan fingerprint density at radius 1 is 0.917 bits per heavy atom. The zero-order valence-corrected chi connectivity index (χ0v) is 29.8. The molecule has 2 saturated heterocycles. The van der Waals surface area contributed by atoms with Gasteiger partial charge in [-0.25, -0.2) is 19.6 Å². The molecule has 3 aromatic heterocycles. The van der Waals surface area contributed by atoms with Crippen LogP contribution in [0.4, 0.5) is 9.59 Å². The predicted octanol–water partition coefficient (Wildman–Crippen LogP) is 9.19. The lowest BCUT2D eigenvalue weighted by Gasteiger charge is -2.27. The molecule has 11 heteroatoms. The number of nitrogens with zero attached hydrogens (tertiary/aromatic N) is 4. The zero-order chi connectivity index (χ0) is 34.1. The summed E-state index contributed by atoms with van der Waals surface area (Å²) in [6, 6.07) is 10.4. The van der Waals surface area contributed by atoms with Crippen molar-refractivity contribution in [1.29, 1.82) is 0 Å². The van der Waals surface area contributed by atoms with Crippen molar-refractivity contribution in [2.45, 2.75) is 110 Å². The van der Waals surface area contributed by atoms with Crippen molar-refractivity contribution < 1.29 is 19.1 Å². The number of allylic oxidation sites excluding steroid dienone is 1. The fourth-order valence-corrected chi connectivity index (χ4v) is 7.41. The Balaban J connectivity index is 1.01. The molecule has 2 fully saturated rings. The number of ether oxygens (including phenoxy) is 2. The molecule has 0 saturated carbocycles. The summed E-state index contributed by atoms with van der Waals surface area (Å²) in [5, 5.41) is 0. The van der Waals surface area contributed by atoms with Gasteiger partial charge in [-0.3, -0.25) is 9.80 Å². The quantitative estimate of drug-likeness (QED) is 0.180. The van der Waals surface area contributed by atoms with Crippen LogP contribution in [-0.2, 0) is 15.9 Å². The standard InChI is InChI=1S/C37H48N6O4S/c1-36(2,3)46-34(44)42-20-10-14-29(42)32-38-23-28(41-32)31-19-17-25(48-31)13-9-7-8-12-24-16-18-26-27(22-24)40-33(39-26)30-15-11-21-43(30)35(45)47-37(4,5)6/h8,12,16-19,22-23,29-30H,7,9-11,13-15,20-21H2,1-6H3,(H,38,41)(H,39,40)/b12-8+/t29-,30-/m0/s1. The molecule has 0 unspecified atom stereocenters. The van der Waals surface area contributed by atoms with Gasteiger partial charge in [0.1, 0.15) is 22.9 Å². The number of imidazole rings is 2. The average molecular weight is 673 g/mol. The molecule has 0 radical (unpaired) electrons. The van der Waals surface area contributed by atoms with Crippen LogP contribution in [-0.4, -0.2) is 66.2 Å². The van der Waals surface area contributed by atoms with Crippen LogP contribution >= 0.6 is 11.3 Å². The summed E-state index contributed by atoms with van der Waals surface area (Å²) in [4.78, 5) is 48.0. The number of unbranched alkanes of at least 4 members (excludes halogenated alkanes) is 1. The van der Waals surface area contributed by atoms with E-state index in [1.807, 2.05) is 53.8 Å². The lowest BCUT2D eigenvalue weighted by Crippen LogP contribution is -2.36.